The third-order valence-electron chi connectivity index (χ3n) is 2.88. The summed E-state index contributed by atoms with van der Waals surface area (Å²) in [4.78, 5) is 1.23. The Kier molecular flexibility index (Phi) is 6.32. The van der Waals surface area contributed by atoms with Crippen molar-refractivity contribution in [3.05, 3.63) is 0 Å². The monoisotopic (exact) mass is 378 g/mol. The van der Waals surface area contributed by atoms with E-state index in [-0.39, 0.29) is 23.8 Å². The summed E-state index contributed by atoms with van der Waals surface area (Å²) in [5, 5.41) is 0. The molecule has 0 saturated carbocycles. The zero-order valence-electron chi connectivity index (χ0n) is 14.1. The summed E-state index contributed by atoms with van der Waals surface area (Å²) in [6.07, 6.45) is 0. The SMILES string of the molecule is COc1oc(OC)c(SSc2c(OC)oc(OC)c2OC)c1OC. The van der Waals surface area contributed by atoms with Crippen LogP contribution in [0.25, 0.3) is 0 Å². The quantitative estimate of drug-likeness (QED) is 0.602. The number of hydrogen-bond acceptors (Lipinski definition) is 10. The number of rotatable bonds is 9. The Bertz CT molecular complexity index is 621. The van der Waals surface area contributed by atoms with Gasteiger partial charge in [0.05, 0.1) is 42.7 Å². The average Bonchev–Trinajstić information content (AvgIpc) is 3.15. The molecule has 0 N–H and O–H groups in total. The van der Waals surface area contributed by atoms with Gasteiger partial charge in [0.25, 0.3) is 0 Å². The second kappa shape index (κ2) is 8.25. The minimum absolute atomic E-state index is 0.223. The van der Waals surface area contributed by atoms with E-state index in [1.165, 1.54) is 64.2 Å². The fourth-order valence-electron chi connectivity index (χ4n) is 1.84. The first-order chi connectivity index (χ1) is 11.6. The van der Waals surface area contributed by atoms with Crippen LogP contribution in [0.5, 0.6) is 35.3 Å². The zero-order valence-corrected chi connectivity index (χ0v) is 15.7. The lowest BCUT2D eigenvalue weighted by Gasteiger charge is -2.05. The standard InChI is InChI=1S/C14H18O8S2/c1-15-7-9(13(19-5)21-11(7)17-3)23-24-10-8(16-2)12(18-4)22-14(10)20-6/h1-6H3. The molecule has 0 bridgehead atoms. The van der Waals surface area contributed by atoms with Crippen LogP contribution in [-0.2, 0) is 0 Å². The van der Waals surface area contributed by atoms with Crippen molar-refractivity contribution in [2.24, 2.45) is 0 Å². The Morgan fingerprint density at radius 1 is 0.500 bits per heavy atom. The van der Waals surface area contributed by atoms with E-state index in [1.807, 2.05) is 0 Å². The summed E-state index contributed by atoms with van der Waals surface area (Å²) in [6.45, 7) is 0. The van der Waals surface area contributed by atoms with Gasteiger partial charge in [-0.1, -0.05) is 0 Å². The highest BCUT2D eigenvalue weighted by atomic mass is 33.1. The average molecular weight is 378 g/mol. The van der Waals surface area contributed by atoms with Gasteiger partial charge in [-0.2, -0.15) is 0 Å². The van der Waals surface area contributed by atoms with Gasteiger partial charge in [0.1, 0.15) is 9.79 Å². The number of methoxy groups -OCH3 is 6. The van der Waals surface area contributed by atoms with Crippen LogP contribution in [-0.4, -0.2) is 42.7 Å². The van der Waals surface area contributed by atoms with Crippen LogP contribution in [0.3, 0.4) is 0 Å². The van der Waals surface area contributed by atoms with Crippen LogP contribution in [0.15, 0.2) is 18.6 Å². The largest absolute Gasteiger partial charge is 0.489 e. The lowest BCUT2D eigenvalue weighted by atomic mass is 10.5. The number of furan rings is 2. The molecule has 10 heteroatoms. The molecule has 0 unspecified atom stereocenters. The molecule has 0 saturated heterocycles. The minimum atomic E-state index is 0.223. The minimum Gasteiger partial charge on any atom is -0.489 e. The van der Waals surface area contributed by atoms with E-state index in [1.54, 1.807) is 0 Å². The highest BCUT2D eigenvalue weighted by molar-refractivity contribution is 8.76. The van der Waals surface area contributed by atoms with Gasteiger partial charge in [0.15, 0.2) is 0 Å². The van der Waals surface area contributed by atoms with Gasteiger partial charge in [-0.25, -0.2) is 0 Å². The molecule has 0 radical (unpaired) electrons. The summed E-state index contributed by atoms with van der Waals surface area (Å²) in [5.41, 5.74) is 0. The van der Waals surface area contributed by atoms with Crippen LogP contribution in [0.2, 0.25) is 0 Å². The van der Waals surface area contributed by atoms with Crippen LogP contribution in [0, 0.1) is 0 Å². The Balaban J connectivity index is 2.34. The first-order valence-corrected chi connectivity index (χ1v) is 8.72. The molecule has 2 aromatic heterocycles. The molecule has 0 amide bonds. The summed E-state index contributed by atoms with van der Waals surface area (Å²) >= 11 is 0. The molecule has 0 aromatic carbocycles. The van der Waals surface area contributed by atoms with Gasteiger partial charge in [0, 0.05) is 0 Å². The molecule has 134 valence electrons. The fraction of sp³-hybridized carbons (Fsp3) is 0.429. The smallest absolute Gasteiger partial charge is 0.332 e. The molecular formula is C14H18O8S2. The van der Waals surface area contributed by atoms with Gasteiger partial charge in [-0.05, 0) is 21.6 Å². The summed E-state index contributed by atoms with van der Waals surface area (Å²) < 4.78 is 42.3. The van der Waals surface area contributed by atoms with Crippen molar-refractivity contribution in [2.75, 3.05) is 42.7 Å². The van der Waals surface area contributed by atoms with Crippen molar-refractivity contribution in [1.29, 1.82) is 0 Å². The second-order valence-electron chi connectivity index (χ2n) is 4.06. The molecular weight excluding hydrogens is 360 g/mol. The third-order valence-corrected chi connectivity index (χ3v) is 5.25. The third kappa shape index (κ3) is 3.29. The Hall–Kier alpha value is -1.94. The molecule has 0 aliphatic heterocycles. The van der Waals surface area contributed by atoms with Crippen molar-refractivity contribution in [2.45, 2.75) is 9.79 Å². The van der Waals surface area contributed by atoms with E-state index >= 15 is 0 Å². The normalized spacial score (nSPS) is 10.4. The Morgan fingerprint density at radius 3 is 1.08 bits per heavy atom. The van der Waals surface area contributed by atoms with Crippen molar-refractivity contribution < 1.29 is 37.3 Å². The highest BCUT2D eigenvalue weighted by Crippen LogP contribution is 2.57. The molecule has 2 aromatic rings. The first-order valence-electron chi connectivity index (χ1n) is 6.57. The van der Waals surface area contributed by atoms with Gasteiger partial charge < -0.3 is 37.3 Å². The topological polar surface area (TPSA) is 81.7 Å². The molecule has 0 spiro atoms. The fourth-order valence-corrected chi connectivity index (χ4v) is 4.24. The molecule has 0 atom stereocenters. The first kappa shape index (κ1) is 18.4. The predicted molar refractivity (Wildman–Crippen MR) is 88.4 cm³/mol. The molecule has 24 heavy (non-hydrogen) atoms. The van der Waals surface area contributed by atoms with Crippen molar-refractivity contribution in [3.63, 3.8) is 0 Å². The van der Waals surface area contributed by atoms with Crippen LogP contribution < -0.4 is 28.4 Å². The van der Waals surface area contributed by atoms with Crippen molar-refractivity contribution >= 4 is 21.6 Å². The van der Waals surface area contributed by atoms with Gasteiger partial charge >= 0.3 is 23.8 Å². The highest BCUT2D eigenvalue weighted by Gasteiger charge is 2.28. The predicted octanol–water partition coefficient (Wildman–Crippen LogP) is 3.72. The van der Waals surface area contributed by atoms with E-state index in [9.17, 15) is 0 Å². The number of hydrogen-bond donors (Lipinski definition) is 0. The van der Waals surface area contributed by atoms with E-state index in [4.69, 9.17) is 37.3 Å². The van der Waals surface area contributed by atoms with Gasteiger partial charge in [0.2, 0.25) is 11.5 Å². The molecule has 2 heterocycles. The molecule has 0 aliphatic carbocycles. The lowest BCUT2D eigenvalue weighted by Crippen LogP contribution is -1.88. The van der Waals surface area contributed by atoms with E-state index in [0.717, 1.165) is 0 Å². The Labute approximate surface area is 147 Å². The summed E-state index contributed by atoms with van der Waals surface area (Å²) in [7, 11) is 11.6. The zero-order chi connectivity index (χ0) is 17.7. The van der Waals surface area contributed by atoms with Gasteiger partial charge in [-0.15, -0.1) is 0 Å². The summed E-state index contributed by atoms with van der Waals surface area (Å²) in [6, 6.07) is 0. The maximum Gasteiger partial charge on any atom is 0.332 e. The lowest BCUT2D eigenvalue weighted by molar-refractivity contribution is 0.233. The maximum atomic E-state index is 5.45. The van der Waals surface area contributed by atoms with Gasteiger partial charge in [-0.3, -0.25) is 0 Å². The van der Waals surface area contributed by atoms with Crippen molar-refractivity contribution in [3.8, 4) is 35.3 Å². The van der Waals surface area contributed by atoms with Crippen LogP contribution in [0.4, 0.5) is 0 Å². The van der Waals surface area contributed by atoms with E-state index in [0.29, 0.717) is 21.3 Å². The molecule has 0 aliphatic rings. The maximum absolute atomic E-state index is 5.45. The molecule has 8 nitrogen and oxygen atoms in total. The number of ether oxygens (including phenoxy) is 6. The van der Waals surface area contributed by atoms with Crippen LogP contribution >= 0.6 is 21.6 Å². The van der Waals surface area contributed by atoms with Crippen molar-refractivity contribution in [1.82, 2.24) is 0 Å². The van der Waals surface area contributed by atoms with E-state index in [2.05, 4.69) is 0 Å². The molecule has 0 fully saturated rings. The van der Waals surface area contributed by atoms with Crippen LogP contribution in [0.1, 0.15) is 0 Å². The van der Waals surface area contributed by atoms with E-state index < -0.39 is 0 Å². The summed E-state index contributed by atoms with van der Waals surface area (Å²) in [5.74, 6) is 1.85. The Morgan fingerprint density at radius 2 is 0.833 bits per heavy atom. The molecule has 2 rings (SSSR count). The second-order valence-corrected chi connectivity index (χ2v) is 6.21.